The molecule has 1 N–H and O–H groups in total. The van der Waals surface area contributed by atoms with Crippen LogP contribution in [0.5, 0.6) is 5.75 Å². The zero-order chi connectivity index (χ0) is 19.5. The third-order valence-corrected chi connectivity index (χ3v) is 6.57. The van der Waals surface area contributed by atoms with E-state index in [1.807, 2.05) is 18.7 Å². The highest BCUT2D eigenvalue weighted by Crippen LogP contribution is 2.33. The fraction of sp³-hybridized carbons (Fsp3) is 0.588. The van der Waals surface area contributed by atoms with Crippen molar-refractivity contribution < 1.29 is 17.9 Å². The SMILES string of the molecule is COc1cc(Cl)c(S(=O)(=O)NCC2CCCN(C(=O)C(C)C)C2)cc1Cl. The Morgan fingerprint density at radius 1 is 1.35 bits per heavy atom. The van der Waals surface area contributed by atoms with Crippen LogP contribution in [0.15, 0.2) is 17.0 Å². The van der Waals surface area contributed by atoms with Crippen LogP contribution in [0.25, 0.3) is 0 Å². The number of nitrogens with one attached hydrogen (secondary N) is 1. The van der Waals surface area contributed by atoms with Crippen molar-refractivity contribution in [2.24, 2.45) is 11.8 Å². The predicted octanol–water partition coefficient (Wildman–Crippen LogP) is 3.17. The average Bonchev–Trinajstić information content (AvgIpc) is 2.61. The van der Waals surface area contributed by atoms with Gasteiger partial charge in [0, 0.05) is 31.6 Å². The van der Waals surface area contributed by atoms with E-state index >= 15 is 0 Å². The maximum atomic E-state index is 12.6. The summed E-state index contributed by atoms with van der Waals surface area (Å²) in [6.45, 7) is 5.25. The normalized spacial score (nSPS) is 18.2. The second-order valence-electron chi connectivity index (χ2n) is 6.72. The summed E-state index contributed by atoms with van der Waals surface area (Å²) in [6, 6.07) is 2.66. The highest BCUT2D eigenvalue weighted by atomic mass is 35.5. The zero-order valence-corrected chi connectivity index (χ0v) is 17.4. The molecule has 9 heteroatoms. The molecule has 0 bridgehead atoms. The summed E-state index contributed by atoms with van der Waals surface area (Å²) in [4.78, 5) is 13.9. The molecule has 146 valence electrons. The van der Waals surface area contributed by atoms with Gasteiger partial charge >= 0.3 is 0 Å². The van der Waals surface area contributed by atoms with Crippen LogP contribution >= 0.6 is 23.2 Å². The van der Waals surface area contributed by atoms with Crippen molar-refractivity contribution in [3.63, 3.8) is 0 Å². The van der Waals surface area contributed by atoms with Gasteiger partial charge in [0.1, 0.15) is 10.6 Å². The summed E-state index contributed by atoms with van der Waals surface area (Å²) in [6.07, 6.45) is 1.72. The molecule has 1 atom stereocenters. The molecule has 6 nitrogen and oxygen atoms in total. The first-order chi connectivity index (χ1) is 12.2. The highest BCUT2D eigenvalue weighted by Gasteiger charge is 2.27. The molecule has 0 radical (unpaired) electrons. The van der Waals surface area contributed by atoms with E-state index < -0.39 is 10.0 Å². The minimum atomic E-state index is -3.82. The van der Waals surface area contributed by atoms with Crippen LogP contribution in [-0.4, -0.2) is 46.0 Å². The van der Waals surface area contributed by atoms with Gasteiger partial charge in [-0.05, 0) is 24.8 Å². The number of rotatable bonds is 6. The number of carbonyl (C=O) groups excluding carboxylic acids is 1. The van der Waals surface area contributed by atoms with Gasteiger partial charge < -0.3 is 9.64 Å². The van der Waals surface area contributed by atoms with E-state index in [-0.39, 0.29) is 39.2 Å². The molecule has 1 aromatic rings. The van der Waals surface area contributed by atoms with Crippen molar-refractivity contribution in [1.29, 1.82) is 0 Å². The molecule has 0 aromatic heterocycles. The minimum Gasteiger partial charge on any atom is -0.495 e. The van der Waals surface area contributed by atoms with E-state index in [1.54, 1.807) is 0 Å². The number of halogens is 2. The molecule has 26 heavy (non-hydrogen) atoms. The van der Waals surface area contributed by atoms with Gasteiger partial charge in [-0.3, -0.25) is 4.79 Å². The number of piperidine rings is 1. The van der Waals surface area contributed by atoms with Gasteiger partial charge in [0.15, 0.2) is 0 Å². The second kappa shape index (κ2) is 8.78. The molecule has 1 fully saturated rings. The maximum Gasteiger partial charge on any atom is 0.242 e. The first kappa shape index (κ1) is 21.3. The average molecular weight is 423 g/mol. The minimum absolute atomic E-state index is 0.0407. The molecule has 1 unspecified atom stereocenters. The molecule has 0 aliphatic carbocycles. The van der Waals surface area contributed by atoms with Crippen LogP contribution in [0, 0.1) is 11.8 Å². The monoisotopic (exact) mass is 422 g/mol. The first-order valence-corrected chi connectivity index (χ1v) is 10.7. The molecule has 1 heterocycles. The Kier molecular flexibility index (Phi) is 7.19. The number of ether oxygens (including phenoxy) is 1. The number of likely N-dealkylation sites (tertiary alicyclic amines) is 1. The lowest BCUT2D eigenvalue weighted by molar-refractivity contribution is -0.136. The van der Waals surface area contributed by atoms with Crippen molar-refractivity contribution >= 4 is 39.1 Å². The van der Waals surface area contributed by atoms with Crippen molar-refractivity contribution in [3.05, 3.63) is 22.2 Å². The van der Waals surface area contributed by atoms with Crippen LogP contribution in [0.4, 0.5) is 0 Å². The summed E-state index contributed by atoms with van der Waals surface area (Å²) >= 11 is 12.1. The van der Waals surface area contributed by atoms with Gasteiger partial charge in [-0.15, -0.1) is 0 Å². The van der Waals surface area contributed by atoms with Crippen molar-refractivity contribution in [3.8, 4) is 5.75 Å². The topological polar surface area (TPSA) is 75.7 Å². The van der Waals surface area contributed by atoms with Crippen LogP contribution < -0.4 is 9.46 Å². The first-order valence-electron chi connectivity index (χ1n) is 8.47. The zero-order valence-electron chi connectivity index (χ0n) is 15.1. The van der Waals surface area contributed by atoms with Gasteiger partial charge in [0.25, 0.3) is 0 Å². The smallest absolute Gasteiger partial charge is 0.242 e. The number of amides is 1. The lowest BCUT2D eigenvalue weighted by Crippen LogP contribution is -2.45. The molecule has 1 aromatic carbocycles. The Labute approximate surface area is 164 Å². The van der Waals surface area contributed by atoms with E-state index in [1.165, 1.54) is 19.2 Å². The quantitative estimate of drug-likeness (QED) is 0.763. The third-order valence-electron chi connectivity index (χ3n) is 4.38. The van der Waals surface area contributed by atoms with Gasteiger partial charge in [-0.25, -0.2) is 13.1 Å². The third kappa shape index (κ3) is 5.03. The Bertz CT molecular complexity index is 768. The summed E-state index contributed by atoms with van der Waals surface area (Å²) in [5.74, 6) is 0.410. The van der Waals surface area contributed by atoms with Gasteiger partial charge in [0.05, 0.1) is 17.2 Å². The van der Waals surface area contributed by atoms with E-state index in [9.17, 15) is 13.2 Å². The summed E-state index contributed by atoms with van der Waals surface area (Å²) < 4.78 is 32.8. The molecular formula is C17H24Cl2N2O4S. The predicted molar refractivity (Wildman–Crippen MR) is 102 cm³/mol. The fourth-order valence-corrected chi connectivity index (χ4v) is 4.94. The molecule has 1 amide bonds. The van der Waals surface area contributed by atoms with Crippen molar-refractivity contribution in [2.75, 3.05) is 26.7 Å². The van der Waals surface area contributed by atoms with Crippen LogP contribution in [0.2, 0.25) is 10.0 Å². The van der Waals surface area contributed by atoms with Crippen LogP contribution in [-0.2, 0) is 14.8 Å². The number of benzene rings is 1. The fourth-order valence-electron chi connectivity index (χ4n) is 2.98. The van der Waals surface area contributed by atoms with E-state index in [2.05, 4.69) is 4.72 Å². The molecule has 0 spiro atoms. The van der Waals surface area contributed by atoms with E-state index in [0.29, 0.717) is 12.3 Å². The number of methoxy groups -OCH3 is 1. The Hall–Kier alpha value is -1.02. The van der Waals surface area contributed by atoms with Crippen LogP contribution in [0.3, 0.4) is 0 Å². The number of hydrogen-bond acceptors (Lipinski definition) is 4. The standard InChI is InChI=1S/C17H24Cl2N2O4S/c1-11(2)17(22)21-6-4-5-12(10-21)9-20-26(23,24)16-8-13(18)15(25-3)7-14(16)19/h7-8,11-12,20H,4-6,9-10H2,1-3H3. The maximum absolute atomic E-state index is 12.6. The number of sulfonamides is 1. The van der Waals surface area contributed by atoms with Gasteiger partial charge in [-0.1, -0.05) is 37.0 Å². The van der Waals surface area contributed by atoms with E-state index in [4.69, 9.17) is 27.9 Å². The number of nitrogens with zero attached hydrogens (tertiary/aromatic N) is 1. The number of carbonyl (C=O) groups is 1. The Morgan fingerprint density at radius 3 is 2.65 bits per heavy atom. The summed E-state index contributed by atoms with van der Waals surface area (Å²) in [7, 11) is -2.39. The molecular weight excluding hydrogens is 399 g/mol. The largest absolute Gasteiger partial charge is 0.495 e. The van der Waals surface area contributed by atoms with Crippen LogP contribution in [0.1, 0.15) is 26.7 Å². The molecule has 1 saturated heterocycles. The van der Waals surface area contributed by atoms with Gasteiger partial charge in [-0.2, -0.15) is 0 Å². The van der Waals surface area contributed by atoms with Crippen molar-refractivity contribution in [1.82, 2.24) is 9.62 Å². The lowest BCUT2D eigenvalue weighted by atomic mass is 9.97. The molecule has 1 aliphatic heterocycles. The van der Waals surface area contributed by atoms with E-state index in [0.717, 1.165) is 19.4 Å². The molecule has 0 saturated carbocycles. The molecule has 1 aliphatic rings. The Morgan fingerprint density at radius 2 is 2.04 bits per heavy atom. The molecule has 2 rings (SSSR count). The summed E-state index contributed by atoms with van der Waals surface area (Å²) in [5, 5.41) is 0.211. The highest BCUT2D eigenvalue weighted by molar-refractivity contribution is 7.89. The lowest BCUT2D eigenvalue weighted by Gasteiger charge is -2.34. The Balaban J connectivity index is 2.06. The van der Waals surface area contributed by atoms with Gasteiger partial charge in [0.2, 0.25) is 15.9 Å². The van der Waals surface area contributed by atoms with Crippen molar-refractivity contribution in [2.45, 2.75) is 31.6 Å². The number of hydrogen-bond donors (Lipinski definition) is 1. The second-order valence-corrected chi connectivity index (χ2v) is 9.27. The summed E-state index contributed by atoms with van der Waals surface area (Å²) in [5.41, 5.74) is 0.